The van der Waals surface area contributed by atoms with Gasteiger partial charge in [0.15, 0.2) is 11.5 Å². The number of hydrogen-bond donors (Lipinski definition) is 1. The highest BCUT2D eigenvalue weighted by Gasteiger charge is 2.20. The van der Waals surface area contributed by atoms with Gasteiger partial charge in [-0.1, -0.05) is 25.3 Å². The summed E-state index contributed by atoms with van der Waals surface area (Å²) >= 11 is 0. The van der Waals surface area contributed by atoms with E-state index in [1.165, 1.54) is 24.8 Å². The van der Waals surface area contributed by atoms with Crippen molar-refractivity contribution in [2.24, 2.45) is 5.92 Å². The molecule has 0 atom stereocenters. The summed E-state index contributed by atoms with van der Waals surface area (Å²) in [4.78, 5) is 12.1. The predicted molar refractivity (Wildman–Crippen MR) is 92.3 cm³/mol. The molecule has 0 aliphatic heterocycles. The molecule has 128 valence electrons. The van der Waals surface area contributed by atoms with Crippen molar-refractivity contribution < 1.29 is 14.3 Å². The first-order chi connectivity index (χ1) is 11.2. The molecule has 4 heteroatoms. The van der Waals surface area contributed by atoms with E-state index in [1.54, 1.807) is 14.2 Å². The molecule has 1 aromatic rings. The number of carbonyl (C=O) groups excluding carboxylic acids is 1. The minimum atomic E-state index is 0.330. The fourth-order valence-corrected chi connectivity index (χ4v) is 3.23. The zero-order valence-electron chi connectivity index (χ0n) is 14.4. The van der Waals surface area contributed by atoms with Gasteiger partial charge in [-0.05, 0) is 43.5 Å². The molecular formula is C19H29NO3. The van der Waals surface area contributed by atoms with E-state index < -0.39 is 0 Å². The number of carbonyl (C=O) groups is 1. The van der Waals surface area contributed by atoms with Crippen molar-refractivity contribution in [1.29, 1.82) is 0 Å². The molecule has 0 radical (unpaired) electrons. The zero-order chi connectivity index (χ0) is 16.5. The summed E-state index contributed by atoms with van der Waals surface area (Å²) in [6, 6.07) is 5.99. The van der Waals surface area contributed by atoms with Crippen LogP contribution in [0.1, 0.15) is 44.1 Å². The summed E-state index contributed by atoms with van der Waals surface area (Å²) in [6.07, 6.45) is 7.53. The molecule has 1 aromatic carbocycles. The summed E-state index contributed by atoms with van der Waals surface area (Å²) in [5.41, 5.74) is 1.20. The average Bonchev–Trinajstić information content (AvgIpc) is 2.61. The third-order valence-electron chi connectivity index (χ3n) is 4.65. The summed E-state index contributed by atoms with van der Waals surface area (Å²) in [7, 11) is 3.29. The van der Waals surface area contributed by atoms with Crippen LogP contribution in [0.25, 0.3) is 0 Å². The number of benzene rings is 1. The lowest BCUT2D eigenvalue weighted by atomic mass is 9.85. The second-order valence-corrected chi connectivity index (χ2v) is 6.24. The number of methoxy groups -OCH3 is 2. The van der Waals surface area contributed by atoms with Crippen LogP contribution in [0.4, 0.5) is 0 Å². The molecular weight excluding hydrogens is 290 g/mol. The molecule has 0 heterocycles. The molecule has 4 nitrogen and oxygen atoms in total. The number of ether oxygens (including phenoxy) is 2. The third kappa shape index (κ3) is 5.54. The fraction of sp³-hybridized carbons (Fsp3) is 0.632. The van der Waals surface area contributed by atoms with E-state index in [2.05, 4.69) is 11.4 Å². The first-order valence-electron chi connectivity index (χ1n) is 8.69. The Morgan fingerprint density at radius 1 is 1.09 bits per heavy atom. The van der Waals surface area contributed by atoms with E-state index in [0.29, 0.717) is 18.1 Å². The van der Waals surface area contributed by atoms with Gasteiger partial charge in [0, 0.05) is 18.9 Å². The van der Waals surface area contributed by atoms with Crippen molar-refractivity contribution in [3.8, 4) is 11.5 Å². The number of ketones is 1. The zero-order valence-corrected chi connectivity index (χ0v) is 14.4. The summed E-state index contributed by atoms with van der Waals surface area (Å²) in [6.45, 7) is 1.65. The molecule has 1 saturated carbocycles. The molecule has 0 bridgehead atoms. The number of rotatable bonds is 9. The van der Waals surface area contributed by atoms with Crippen molar-refractivity contribution in [2.75, 3.05) is 27.3 Å². The van der Waals surface area contributed by atoms with E-state index in [9.17, 15) is 4.79 Å². The Labute approximate surface area is 139 Å². The lowest BCUT2D eigenvalue weighted by Crippen LogP contribution is -2.25. The molecule has 1 aliphatic carbocycles. The summed E-state index contributed by atoms with van der Waals surface area (Å²) in [5.74, 6) is 2.29. The van der Waals surface area contributed by atoms with E-state index in [4.69, 9.17) is 9.47 Å². The quantitative estimate of drug-likeness (QED) is 0.709. The van der Waals surface area contributed by atoms with Crippen molar-refractivity contribution >= 4 is 5.78 Å². The maximum absolute atomic E-state index is 12.1. The Kier molecular flexibility index (Phi) is 7.40. The largest absolute Gasteiger partial charge is 0.493 e. The van der Waals surface area contributed by atoms with Gasteiger partial charge in [-0.15, -0.1) is 0 Å². The Hall–Kier alpha value is -1.55. The topological polar surface area (TPSA) is 47.6 Å². The van der Waals surface area contributed by atoms with Gasteiger partial charge in [0.25, 0.3) is 0 Å². The van der Waals surface area contributed by atoms with Gasteiger partial charge in [-0.25, -0.2) is 0 Å². The van der Waals surface area contributed by atoms with Crippen molar-refractivity contribution in [3.63, 3.8) is 0 Å². The monoisotopic (exact) mass is 319 g/mol. The Balaban J connectivity index is 1.66. The third-order valence-corrected chi connectivity index (χ3v) is 4.65. The molecule has 0 saturated heterocycles. The van der Waals surface area contributed by atoms with Gasteiger partial charge < -0.3 is 14.8 Å². The average molecular weight is 319 g/mol. The molecule has 0 aromatic heterocycles. The molecule has 1 N–H and O–H groups in total. The maximum atomic E-state index is 12.1. The van der Waals surface area contributed by atoms with Crippen LogP contribution >= 0.6 is 0 Å². The van der Waals surface area contributed by atoms with Crippen molar-refractivity contribution in [1.82, 2.24) is 5.32 Å². The highest BCUT2D eigenvalue weighted by Crippen LogP contribution is 2.27. The SMILES string of the molecule is COc1ccc(CCNCCC(=O)C2CCCCC2)cc1OC. The maximum Gasteiger partial charge on any atom is 0.160 e. The van der Waals surface area contributed by atoms with Crippen LogP contribution in [0.15, 0.2) is 18.2 Å². The molecule has 2 rings (SSSR count). The standard InChI is InChI=1S/C19H29NO3/c1-22-18-9-8-15(14-19(18)23-2)10-12-20-13-11-17(21)16-6-4-3-5-7-16/h8-9,14,16,20H,3-7,10-13H2,1-2H3. The van der Waals surface area contributed by atoms with Crippen LogP contribution in [0, 0.1) is 5.92 Å². The molecule has 0 amide bonds. The number of hydrogen-bond acceptors (Lipinski definition) is 4. The van der Waals surface area contributed by atoms with Gasteiger partial charge in [-0.2, -0.15) is 0 Å². The Bertz CT molecular complexity index is 495. The highest BCUT2D eigenvalue weighted by atomic mass is 16.5. The van der Waals surface area contributed by atoms with E-state index in [1.807, 2.05) is 12.1 Å². The first-order valence-corrected chi connectivity index (χ1v) is 8.69. The molecule has 0 spiro atoms. The lowest BCUT2D eigenvalue weighted by Gasteiger charge is -2.20. The first kappa shape index (κ1) is 17.8. The van der Waals surface area contributed by atoms with Crippen LogP contribution in [-0.2, 0) is 11.2 Å². The van der Waals surface area contributed by atoms with Gasteiger partial charge >= 0.3 is 0 Å². The van der Waals surface area contributed by atoms with Crippen LogP contribution in [0.5, 0.6) is 11.5 Å². The second-order valence-electron chi connectivity index (χ2n) is 6.24. The van der Waals surface area contributed by atoms with Crippen molar-refractivity contribution in [3.05, 3.63) is 23.8 Å². The lowest BCUT2D eigenvalue weighted by molar-refractivity contribution is -0.123. The predicted octanol–water partition coefficient (Wildman–Crippen LogP) is 3.38. The van der Waals surface area contributed by atoms with E-state index in [0.717, 1.165) is 43.9 Å². The van der Waals surface area contributed by atoms with Crippen molar-refractivity contribution in [2.45, 2.75) is 44.9 Å². The second kappa shape index (κ2) is 9.56. The summed E-state index contributed by atoms with van der Waals surface area (Å²) < 4.78 is 10.6. The van der Waals surface area contributed by atoms with Gasteiger partial charge in [0.1, 0.15) is 5.78 Å². The fourth-order valence-electron chi connectivity index (χ4n) is 3.23. The Morgan fingerprint density at radius 2 is 1.83 bits per heavy atom. The summed E-state index contributed by atoms with van der Waals surface area (Å²) in [5, 5.41) is 3.38. The number of nitrogens with one attached hydrogen (secondary N) is 1. The van der Waals surface area contributed by atoms with Crippen LogP contribution in [0.2, 0.25) is 0 Å². The number of Topliss-reactive ketones (excluding diaryl/α,β-unsaturated/α-hetero) is 1. The van der Waals surface area contributed by atoms with Gasteiger partial charge in [-0.3, -0.25) is 4.79 Å². The van der Waals surface area contributed by atoms with Crippen LogP contribution in [-0.4, -0.2) is 33.1 Å². The van der Waals surface area contributed by atoms with Gasteiger partial charge in [0.05, 0.1) is 14.2 Å². The minimum absolute atomic E-state index is 0.330. The molecule has 23 heavy (non-hydrogen) atoms. The molecule has 1 fully saturated rings. The van der Waals surface area contributed by atoms with Crippen LogP contribution in [0.3, 0.4) is 0 Å². The Morgan fingerprint density at radius 3 is 2.52 bits per heavy atom. The van der Waals surface area contributed by atoms with Gasteiger partial charge in [0.2, 0.25) is 0 Å². The molecule has 1 aliphatic rings. The smallest absolute Gasteiger partial charge is 0.160 e. The van der Waals surface area contributed by atoms with E-state index in [-0.39, 0.29) is 0 Å². The van der Waals surface area contributed by atoms with Crippen LogP contribution < -0.4 is 14.8 Å². The molecule has 0 unspecified atom stereocenters. The highest BCUT2D eigenvalue weighted by molar-refractivity contribution is 5.81. The van der Waals surface area contributed by atoms with E-state index >= 15 is 0 Å². The minimum Gasteiger partial charge on any atom is -0.493 e. The normalized spacial score (nSPS) is 15.4.